The molecule has 1 aromatic carbocycles. The Morgan fingerprint density at radius 3 is 2.80 bits per heavy atom. The maximum absolute atomic E-state index is 12.8. The smallest absolute Gasteiger partial charge is 0.226 e. The standard InChI is InChI=1S/C21H26N2O2/c1-16-6-2-3-7-17(16)15-22-9-5-10-23(12-11-22)21(24)19-14-18(19)20-8-4-13-25-20/h2-4,6-8,13,18-19H,5,9-12,14-15H2,1H3/t18-,19+/m1/s1. The summed E-state index contributed by atoms with van der Waals surface area (Å²) in [5.41, 5.74) is 2.74. The first-order chi connectivity index (χ1) is 12.2. The molecular weight excluding hydrogens is 312 g/mol. The highest BCUT2D eigenvalue weighted by atomic mass is 16.3. The molecule has 0 spiro atoms. The monoisotopic (exact) mass is 338 g/mol. The first kappa shape index (κ1) is 16.4. The number of furan rings is 1. The fourth-order valence-electron chi connectivity index (χ4n) is 3.90. The fourth-order valence-corrected chi connectivity index (χ4v) is 3.90. The van der Waals surface area contributed by atoms with Gasteiger partial charge in [0, 0.05) is 44.6 Å². The average Bonchev–Trinajstić information content (AvgIpc) is 3.30. The van der Waals surface area contributed by atoms with Crippen molar-refractivity contribution in [3.05, 3.63) is 59.5 Å². The van der Waals surface area contributed by atoms with Gasteiger partial charge in [0.05, 0.1) is 6.26 Å². The Balaban J connectivity index is 1.32. The second-order valence-electron chi connectivity index (χ2n) is 7.35. The topological polar surface area (TPSA) is 36.7 Å². The molecule has 2 fully saturated rings. The van der Waals surface area contributed by atoms with Crippen LogP contribution >= 0.6 is 0 Å². The van der Waals surface area contributed by atoms with Crippen molar-refractivity contribution in [1.82, 2.24) is 9.80 Å². The molecule has 1 aliphatic heterocycles. The number of benzene rings is 1. The minimum absolute atomic E-state index is 0.133. The Kier molecular flexibility index (Phi) is 4.62. The largest absolute Gasteiger partial charge is 0.469 e. The normalized spacial score (nSPS) is 24.1. The summed E-state index contributed by atoms with van der Waals surface area (Å²) in [6, 6.07) is 12.5. The molecule has 1 saturated heterocycles. The van der Waals surface area contributed by atoms with Crippen LogP contribution < -0.4 is 0 Å². The summed E-state index contributed by atoms with van der Waals surface area (Å²) >= 11 is 0. The number of nitrogens with zero attached hydrogens (tertiary/aromatic N) is 2. The number of rotatable bonds is 4. The lowest BCUT2D eigenvalue weighted by atomic mass is 10.1. The fraction of sp³-hybridized carbons (Fsp3) is 0.476. The van der Waals surface area contributed by atoms with Crippen molar-refractivity contribution in [2.75, 3.05) is 26.2 Å². The van der Waals surface area contributed by atoms with Gasteiger partial charge in [-0.1, -0.05) is 24.3 Å². The van der Waals surface area contributed by atoms with Gasteiger partial charge in [0.2, 0.25) is 5.91 Å². The van der Waals surface area contributed by atoms with Gasteiger partial charge in [0.1, 0.15) is 5.76 Å². The molecule has 2 heterocycles. The molecule has 4 rings (SSSR count). The number of amides is 1. The van der Waals surface area contributed by atoms with Gasteiger partial charge >= 0.3 is 0 Å². The van der Waals surface area contributed by atoms with E-state index in [-0.39, 0.29) is 5.92 Å². The number of hydrogen-bond acceptors (Lipinski definition) is 3. The summed E-state index contributed by atoms with van der Waals surface area (Å²) < 4.78 is 5.47. The minimum Gasteiger partial charge on any atom is -0.469 e. The quantitative estimate of drug-likeness (QED) is 0.857. The van der Waals surface area contributed by atoms with Gasteiger partial charge < -0.3 is 9.32 Å². The van der Waals surface area contributed by atoms with Crippen LogP contribution in [0.2, 0.25) is 0 Å². The van der Waals surface area contributed by atoms with Crippen LogP contribution in [0.25, 0.3) is 0 Å². The molecule has 1 aromatic heterocycles. The van der Waals surface area contributed by atoms with E-state index in [2.05, 4.69) is 41.0 Å². The van der Waals surface area contributed by atoms with Crippen molar-refractivity contribution in [1.29, 1.82) is 0 Å². The van der Waals surface area contributed by atoms with E-state index >= 15 is 0 Å². The van der Waals surface area contributed by atoms with Crippen molar-refractivity contribution in [2.24, 2.45) is 5.92 Å². The molecule has 2 atom stereocenters. The zero-order chi connectivity index (χ0) is 17.2. The molecule has 4 heteroatoms. The predicted octanol–water partition coefficient (Wildman–Crippen LogP) is 3.43. The second kappa shape index (κ2) is 7.04. The maximum Gasteiger partial charge on any atom is 0.226 e. The molecule has 0 bridgehead atoms. The SMILES string of the molecule is Cc1ccccc1CN1CCCN(C(=O)[C@H]2C[C@H]2c2ccco2)CC1. The van der Waals surface area contributed by atoms with Crippen molar-refractivity contribution in [2.45, 2.75) is 32.2 Å². The highest BCUT2D eigenvalue weighted by Gasteiger charge is 2.47. The van der Waals surface area contributed by atoms with Gasteiger partial charge in [-0.15, -0.1) is 0 Å². The molecule has 2 aliphatic rings. The third kappa shape index (κ3) is 3.64. The van der Waals surface area contributed by atoms with Gasteiger partial charge in [0.25, 0.3) is 0 Å². The average molecular weight is 338 g/mol. The van der Waals surface area contributed by atoms with Crippen LogP contribution in [0.3, 0.4) is 0 Å². The molecular formula is C21H26N2O2. The Bertz CT molecular complexity index is 725. The number of carbonyl (C=O) groups excluding carboxylic acids is 1. The predicted molar refractivity (Wildman–Crippen MR) is 97.2 cm³/mol. The highest BCUT2D eigenvalue weighted by molar-refractivity contribution is 5.82. The third-order valence-corrected chi connectivity index (χ3v) is 5.57. The van der Waals surface area contributed by atoms with Crippen LogP contribution in [-0.4, -0.2) is 41.9 Å². The maximum atomic E-state index is 12.8. The van der Waals surface area contributed by atoms with Crippen molar-refractivity contribution in [3.63, 3.8) is 0 Å². The lowest BCUT2D eigenvalue weighted by molar-refractivity contribution is -0.132. The van der Waals surface area contributed by atoms with Crippen LogP contribution in [0.15, 0.2) is 47.1 Å². The summed E-state index contributed by atoms with van der Waals surface area (Å²) in [5, 5.41) is 0. The summed E-state index contributed by atoms with van der Waals surface area (Å²) in [5.74, 6) is 1.72. The van der Waals surface area contributed by atoms with Crippen molar-refractivity contribution < 1.29 is 9.21 Å². The molecule has 0 N–H and O–H groups in total. The van der Waals surface area contributed by atoms with Crippen molar-refractivity contribution in [3.8, 4) is 0 Å². The van der Waals surface area contributed by atoms with Gasteiger partial charge in [-0.3, -0.25) is 9.69 Å². The van der Waals surface area contributed by atoms with E-state index in [0.717, 1.165) is 51.3 Å². The van der Waals surface area contributed by atoms with Gasteiger partial charge in [0.15, 0.2) is 0 Å². The number of aryl methyl sites for hydroxylation is 1. The minimum atomic E-state index is 0.133. The summed E-state index contributed by atoms with van der Waals surface area (Å²) in [4.78, 5) is 17.4. The Labute approximate surface area is 149 Å². The first-order valence-corrected chi connectivity index (χ1v) is 9.31. The Morgan fingerprint density at radius 2 is 2.00 bits per heavy atom. The lowest BCUT2D eigenvalue weighted by Gasteiger charge is -2.22. The van der Waals surface area contributed by atoms with E-state index in [0.29, 0.717) is 11.8 Å². The van der Waals surface area contributed by atoms with E-state index in [1.54, 1.807) is 6.26 Å². The molecule has 2 aromatic rings. The van der Waals surface area contributed by atoms with E-state index in [9.17, 15) is 4.79 Å². The molecule has 0 unspecified atom stereocenters. The number of hydrogen-bond donors (Lipinski definition) is 0. The molecule has 4 nitrogen and oxygen atoms in total. The Morgan fingerprint density at radius 1 is 1.12 bits per heavy atom. The number of carbonyl (C=O) groups is 1. The summed E-state index contributed by atoms with van der Waals surface area (Å²) in [7, 11) is 0. The van der Waals surface area contributed by atoms with Gasteiger partial charge in [-0.05, 0) is 43.0 Å². The van der Waals surface area contributed by atoms with Crippen LogP contribution in [-0.2, 0) is 11.3 Å². The van der Waals surface area contributed by atoms with E-state index < -0.39 is 0 Å². The third-order valence-electron chi connectivity index (χ3n) is 5.57. The molecule has 1 amide bonds. The molecule has 25 heavy (non-hydrogen) atoms. The van der Waals surface area contributed by atoms with Gasteiger partial charge in [-0.2, -0.15) is 0 Å². The van der Waals surface area contributed by atoms with E-state index in [4.69, 9.17) is 4.42 Å². The zero-order valence-electron chi connectivity index (χ0n) is 14.9. The molecule has 1 aliphatic carbocycles. The molecule has 1 saturated carbocycles. The van der Waals surface area contributed by atoms with Crippen LogP contribution in [0.4, 0.5) is 0 Å². The van der Waals surface area contributed by atoms with E-state index in [1.807, 2.05) is 12.1 Å². The summed E-state index contributed by atoms with van der Waals surface area (Å²) in [6.45, 7) is 6.89. The van der Waals surface area contributed by atoms with Crippen LogP contribution in [0, 0.1) is 12.8 Å². The highest BCUT2D eigenvalue weighted by Crippen LogP contribution is 2.48. The molecule has 0 radical (unpaired) electrons. The van der Waals surface area contributed by atoms with Gasteiger partial charge in [-0.25, -0.2) is 0 Å². The lowest BCUT2D eigenvalue weighted by Crippen LogP contribution is -2.36. The van der Waals surface area contributed by atoms with Crippen LogP contribution in [0.1, 0.15) is 35.6 Å². The zero-order valence-corrected chi connectivity index (χ0v) is 14.9. The van der Waals surface area contributed by atoms with Crippen molar-refractivity contribution >= 4 is 5.91 Å². The molecule has 132 valence electrons. The summed E-state index contributed by atoms with van der Waals surface area (Å²) in [6.07, 6.45) is 3.69. The van der Waals surface area contributed by atoms with Crippen LogP contribution in [0.5, 0.6) is 0 Å². The first-order valence-electron chi connectivity index (χ1n) is 9.31. The second-order valence-corrected chi connectivity index (χ2v) is 7.35. The Hall–Kier alpha value is -2.07. The van der Waals surface area contributed by atoms with E-state index in [1.165, 1.54) is 11.1 Å².